The third-order valence-electron chi connectivity index (χ3n) is 7.98. The van der Waals surface area contributed by atoms with E-state index in [2.05, 4.69) is 21.6 Å². The van der Waals surface area contributed by atoms with Crippen molar-refractivity contribution in [2.75, 3.05) is 39.1 Å². The van der Waals surface area contributed by atoms with E-state index in [1.165, 1.54) is 31.4 Å². The Labute approximate surface area is 207 Å². The topological polar surface area (TPSA) is 71.6 Å². The van der Waals surface area contributed by atoms with Crippen molar-refractivity contribution in [1.29, 1.82) is 0 Å². The minimum absolute atomic E-state index is 0.124. The highest BCUT2D eigenvalue weighted by atomic mass is 32.2. The van der Waals surface area contributed by atoms with E-state index in [-0.39, 0.29) is 18.6 Å². The summed E-state index contributed by atoms with van der Waals surface area (Å²) in [5.41, 5.74) is 7.87. The van der Waals surface area contributed by atoms with Gasteiger partial charge < -0.3 is 20.5 Å². The molecule has 1 aliphatic heterocycles. The molecule has 2 heterocycles. The number of ether oxygens (including phenoxy) is 1. The number of methoxy groups -OCH3 is 1. The number of rotatable bonds is 11. The molecule has 5 nitrogen and oxygen atoms in total. The highest BCUT2D eigenvalue weighted by molar-refractivity contribution is 7.99. The molecule has 3 N–H and O–H groups in total. The van der Waals surface area contributed by atoms with Crippen molar-refractivity contribution >= 4 is 22.7 Å². The predicted molar refractivity (Wildman–Crippen MR) is 139 cm³/mol. The number of fused-ring (bicyclic) bond motifs is 1. The largest absolute Gasteiger partial charge is 0.497 e. The lowest BCUT2D eigenvalue weighted by molar-refractivity contribution is 0.0322. The lowest BCUT2D eigenvalue weighted by atomic mass is 9.74. The number of piperidine rings is 1. The van der Waals surface area contributed by atoms with Gasteiger partial charge in [-0.1, -0.05) is 12.8 Å². The van der Waals surface area contributed by atoms with E-state index in [0.29, 0.717) is 24.2 Å². The van der Waals surface area contributed by atoms with Crippen LogP contribution >= 0.6 is 11.8 Å². The summed E-state index contributed by atoms with van der Waals surface area (Å²) in [5, 5.41) is 11.9. The van der Waals surface area contributed by atoms with Gasteiger partial charge in [0.05, 0.1) is 12.6 Å². The first-order valence-corrected chi connectivity index (χ1v) is 13.9. The van der Waals surface area contributed by atoms with Gasteiger partial charge in [-0.3, -0.25) is 4.98 Å². The molecule has 0 bridgehead atoms. The molecule has 1 aliphatic carbocycles. The first-order chi connectivity index (χ1) is 16.6. The average molecular weight is 490 g/mol. The summed E-state index contributed by atoms with van der Waals surface area (Å²) in [7, 11) is 1.61. The lowest BCUT2D eigenvalue weighted by Gasteiger charge is -2.41. The van der Waals surface area contributed by atoms with Crippen molar-refractivity contribution in [3.8, 4) is 5.75 Å². The number of nitrogens with zero attached hydrogens (tertiary/aromatic N) is 2. The number of nitrogens with two attached hydrogens (primary N) is 1. The SMILES string of the molecule is COc1ccc2ncc(CN)c(C(F)CCC3(CO)CCN(CCSC4CCCC4)CC3)c2c1. The maximum atomic E-state index is 15.8. The summed E-state index contributed by atoms with van der Waals surface area (Å²) in [6, 6.07) is 5.56. The van der Waals surface area contributed by atoms with E-state index < -0.39 is 6.17 Å². The standard InChI is InChI=1S/C27H40FN3O2S/c1-33-21-6-7-25-23(16-21)26(20(17-29)18-30-25)24(28)8-9-27(19-32)10-12-31(13-11-27)14-15-34-22-4-2-3-5-22/h6-7,16,18,22,24,32H,2-5,8-15,17,19,29H2,1H3. The van der Waals surface area contributed by atoms with E-state index in [1.54, 1.807) is 13.3 Å². The zero-order chi connectivity index (χ0) is 24.0. The Morgan fingerprint density at radius 2 is 2.06 bits per heavy atom. The number of pyridine rings is 1. The molecule has 2 aliphatic rings. The number of likely N-dealkylation sites (tertiary alicyclic amines) is 1. The van der Waals surface area contributed by atoms with E-state index >= 15 is 4.39 Å². The Hall–Kier alpha value is -1.41. The van der Waals surface area contributed by atoms with E-state index in [4.69, 9.17) is 10.5 Å². The van der Waals surface area contributed by atoms with Crippen LogP contribution in [0.5, 0.6) is 5.75 Å². The second kappa shape index (κ2) is 12.0. The van der Waals surface area contributed by atoms with Gasteiger partial charge in [0.1, 0.15) is 11.9 Å². The summed E-state index contributed by atoms with van der Waals surface area (Å²) in [6.45, 7) is 3.48. The zero-order valence-electron chi connectivity index (χ0n) is 20.5. The number of hydrogen-bond donors (Lipinski definition) is 2. The van der Waals surface area contributed by atoms with Gasteiger partial charge in [0.25, 0.3) is 0 Å². The van der Waals surface area contributed by atoms with Crippen molar-refractivity contribution in [3.63, 3.8) is 0 Å². The fraction of sp³-hybridized carbons (Fsp3) is 0.667. The Morgan fingerprint density at radius 3 is 2.74 bits per heavy atom. The van der Waals surface area contributed by atoms with Gasteiger partial charge >= 0.3 is 0 Å². The van der Waals surface area contributed by atoms with Crippen LogP contribution in [0.2, 0.25) is 0 Å². The number of alkyl halides is 1. The van der Waals surface area contributed by atoms with Crippen molar-refractivity contribution in [3.05, 3.63) is 35.5 Å². The molecule has 188 valence electrons. The molecular formula is C27H40FN3O2S. The highest BCUT2D eigenvalue weighted by Gasteiger charge is 2.35. The summed E-state index contributed by atoms with van der Waals surface area (Å²) in [5.74, 6) is 1.88. The second-order valence-electron chi connectivity index (χ2n) is 10.1. The fourth-order valence-corrected chi connectivity index (χ4v) is 6.98. The maximum absolute atomic E-state index is 15.8. The van der Waals surface area contributed by atoms with Crippen LogP contribution in [0, 0.1) is 5.41 Å². The minimum atomic E-state index is -1.15. The van der Waals surface area contributed by atoms with Crippen molar-refractivity contribution < 1.29 is 14.2 Å². The third kappa shape index (κ3) is 6.04. The summed E-state index contributed by atoms with van der Waals surface area (Å²) >= 11 is 2.14. The normalized spacial score (nSPS) is 20.1. The Kier molecular flexibility index (Phi) is 9.08. The third-order valence-corrected chi connectivity index (χ3v) is 9.34. The summed E-state index contributed by atoms with van der Waals surface area (Å²) < 4.78 is 21.1. The second-order valence-corrected chi connectivity index (χ2v) is 11.5. The number of benzene rings is 1. The molecular weight excluding hydrogens is 449 g/mol. The number of aliphatic hydroxyl groups is 1. The molecule has 2 aromatic rings. The monoisotopic (exact) mass is 489 g/mol. The molecule has 1 aromatic heterocycles. The number of thioether (sulfide) groups is 1. The maximum Gasteiger partial charge on any atom is 0.126 e. The molecule has 0 spiro atoms. The fourth-order valence-electron chi connectivity index (χ4n) is 5.61. The van der Waals surface area contributed by atoms with Gasteiger partial charge in [-0.05, 0) is 80.8 Å². The Balaban J connectivity index is 1.36. The molecule has 1 atom stereocenters. The van der Waals surface area contributed by atoms with Crippen LogP contribution in [0.4, 0.5) is 4.39 Å². The number of hydrogen-bond acceptors (Lipinski definition) is 6. The van der Waals surface area contributed by atoms with Crippen molar-refractivity contribution in [2.45, 2.75) is 69.3 Å². The van der Waals surface area contributed by atoms with E-state index in [0.717, 1.165) is 54.2 Å². The van der Waals surface area contributed by atoms with Crippen LogP contribution in [0.3, 0.4) is 0 Å². The predicted octanol–water partition coefficient (Wildman–Crippen LogP) is 5.24. The lowest BCUT2D eigenvalue weighted by Crippen LogP contribution is -2.43. The zero-order valence-corrected chi connectivity index (χ0v) is 21.3. The molecule has 34 heavy (non-hydrogen) atoms. The van der Waals surface area contributed by atoms with E-state index in [1.807, 2.05) is 18.2 Å². The number of aliphatic hydroxyl groups excluding tert-OH is 1. The van der Waals surface area contributed by atoms with Crippen LogP contribution in [0.25, 0.3) is 10.9 Å². The quantitative estimate of drug-likeness (QED) is 0.450. The van der Waals surface area contributed by atoms with Gasteiger partial charge in [0.2, 0.25) is 0 Å². The molecule has 1 saturated carbocycles. The molecule has 1 unspecified atom stereocenters. The van der Waals surface area contributed by atoms with Crippen LogP contribution in [0.1, 0.15) is 68.7 Å². The average Bonchev–Trinajstić information content (AvgIpc) is 3.40. The smallest absolute Gasteiger partial charge is 0.126 e. The minimum Gasteiger partial charge on any atom is -0.497 e. The van der Waals surface area contributed by atoms with Gasteiger partial charge in [-0.2, -0.15) is 11.8 Å². The van der Waals surface area contributed by atoms with Crippen LogP contribution in [-0.2, 0) is 6.54 Å². The van der Waals surface area contributed by atoms with Gasteiger partial charge in [-0.25, -0.2) is 4.39 Å². The Morgan fingerprint density at radius 1 is 1.29 bits per heavy atom. The highest BCUT2D eigenvalue weighted by Crippen LogP contribution is 2.41. The number of halogens is 1. The van der Waals surface area contributed by atoms with Crippen LogP contribution < -0.4 is 10.5 Å². The van der Waals surface area contributed by atoms with Gasteiger partial charge in [-0.15, -0.1) is 0 Å². The molecule has 2 fully saturated rings. The van der Waals surface area contributed by atoms with Crippen molar-refractivity contribution in [2.24, 2.45) is 11.1 Å². The molecule has 1 aromatic carbocycles. The number of aromatic nitrogens is 1. The van der Waals surface area contributed by atoms with E-state index in [9.17, 15) is 5.11 Å². The molecule has 0 amide bonds. The van der Waals surface area contributed by atoms with Gasteiger partial charge in [0, 0.05) is 47.8 Å². The molecule has 1 saturated heterocycles. The summed E-state index contributed by atoms with van der Waals surface area (Å²) in [6.07, 6.45) is 9.01. The molecule has 4 rings (SSSR count). The van der Waals surface area contributed by atoms with Crippen LogP contribution in [0.15, 0.2) is 24.4 Å². The van der Waals surface area contributed by atoms with Gasteiger partial charge in [0.15, 0.2) is 0 Å². The van der Waals surface area contributed by atoms with Crippen LogP contribution in [-0.4, -0.2) is 59.3 Å². The summed E-state index contributed by atoms with van der Waals surface area (Å²) in [4.78, 5) is 6.98. The first kappa shape index (κ1) is 25.7. The Bertz CT molecular complexity index is 924. The first-order valence-electron chi connectivity index (χ1n) is 12.8. The molecule has 0 radical (unpaired) electrons. The van der Waals surface area contributed by atoms with Crippen molar-refractivity contribution in [1.82, 2.24) is 9.88 Å². The molecule has 7 heteroatoms.